The summed E-state index contributed by atoms with van der Waals surface area (Å²) in [5, 5.41) is 9.95. The molecule has 1 heterocycles. The number of hydrogen-bond donors (Lipinski definition) is 1. The first-order valence-corrected chi connectivity index (χ1v) is 7.97. The number of thioether (sulfide) groups is 1. The van der Waals surface area contributed by atoms with Gasteiger partial charge in [-0.05, 0) is 36.4 Å². The zero-order valence-corrected chi connectivity index (χ0v) is 13.3. The Morgan fingerprint density at radius 3 is 2.52 bits per heavy atom. The van der Waals surface area contributed by atoms with E-state index in [2.05, 4.69) is 15.5 Å². The molecular weight excluding hydrogens is 355 g/mol. The van der Waals surface area contributed by atoms with E-state index in [1.807, 2.05) is 0 Å². The van der Waals surface area contributed by atoms with Crippen molar-refractivity contribution in [2.24, 2.45) is 0 Å². The zero-order valence-electron chi connectivity index (χ0n) is 12.5. The van der Waals surface area contributed by atoms with Gasteiger partial charge >= 0.3 is 0 Å². The predicted octanol–water partition coefficient (Wildman–Crippen LogP) is 3.88. The number of aromatic nitrogens is 2. The molecule has 0 aliphatic heterocycles. The molecule has 9 heteroatoms. The standard InChI is InChI=1S/C16H10F3N3O2S/c17-10-3-1-9(2-4-10)15-21-22-16(24-15)25-8-14(23)20-13-7-11(18)5-6-12(13)19/h1-7H,8H2,(H,20,23). The molecule has 3 rings (SSSR count). The molecule has 0 saturated heterocycles. The average molecular weight is 365 g/mol. The molecule has 2 aromatic carbocycles. The van der Waals surface area contributed by atoms with E-state index in [0.717, 1.165) is 30.0 Å². The third kappa shape index (κ3) is 4.38. The van der Waals surface area contributed by atoms with E-state index in [4.69, 9.17) is 4.42 Å². The van der Waals surface area contributed by atoms with Gasteiger partial charge in [0.05, 0.1) is 11.4 Å². The smallest absolute Gasteiger partial charge is 0.277 e. The van der Waals surface area contributed by atoms with Crippen molar-refractivity contribution >= 4 is 23.4 Å². The van der Waals surface area contributed by atoms with Crippen molar-refractivity contribution in [1.29, 1.82) is 0 Å². The highest BCUT2D eigenvalue weighted by atomic mass is 32.2. The van der Waals surface area contributed by atoms with E-state index in [9.17, 15) is 18.0 Å². The molecule has 128 valence electrons. The number of benzene rings is 2. The van der Waals surface area contributed by atoms with E-state index in [1.54, 1.807) is 0 Å². The fourth-order valence-electron chi connectivity index (χ4n) is 1.88. The number of hydrogen-bond acceptors (Lipinski definition) is 5. The Balaban J connectivity index is 1.59. The minimum Gasteiger partial charge on any atom is -0.411 e. The molecule has 1 N–H and O–H groups in total. The van der Waals surface area contributed by atoms with E-state index >= 15 is 0 Å². The lowest BCUT2D eigenvalue weighted by Gasteiger charge is -2.05. The molecular formula is C16H10F3N3O2S. The normalized spacial score (nSPS) is 10.7. The second-order valence-electron chi connectivity index (χ2n) is 4.84. The summed E-state index contributed by atoms with van der Waals surface area (Å²) in [5.41, 5.74) is 0.287. The van der Waals surface area contributed by atoms with Crippen molar-refractivity contribution in [3.05, 3.63) is 59.9 Å². The highest BCUT2D eigenvalue weighted by Gasteiger charge is 2.13. The van der Waals surface area contributed by atoms with E-state index in [1.165, 1.54) is 24.3 Å². The Morgan fingerprint density at radius 1 is 1.04 bits per heavy atom. The Labute approximate surface area is 144 Å². The molecule has 0 unspecified atom stereocenters. The maximum atomic E-state index is 13.5. The van der Waals surface area contributed by atoms with Crippen LogP contribution < -0.4 is 5.32 Å². The van der Waals surface area contributed by atoms with Crippen LogP contribution in [0, 0.1) is 17.5 Å². The first-order chi connectivity index (χ1) is 12.0. The third-order valence-electron chi connectivity index (χ3n) is 3.03. The summed E-state index contributed by atoms with van der Waals surface area (Å²) in [6, 6.07) is 8.24. The lowest BCUT2D eigenvalue weighted by atomic mass is 10.2. The Hall–Kier alpha value is -2.81. The molecule has 3 aromatic rings. The fraction of sp³-hybridized carbons (Fsp3) is 0.0625. The van der Waals surface area contributed by atoms with Crippen molar-refractivity contribution < 1.29 is 22.4 Å². The SMILES string of the molecule is O=C(CSc1nnc(-c2ccc(F)cc2)o1)Nc1cc(F)ccc1F. The molecule has 0 saturated carbocycles. The van der Waals surface area contributed by atoms with Crippen molar-refractivity contribution in [3.8, 4) is 11.5 Å². The number of carbonyl (C=O) groups excluding carboxylic acids is 1. The van der Waals surface area contributed by atoms with Gasteiger partial charge in [-0.1, -0.05) is 11.8 Å². The number of halogens is 3. The molecule has 1 aromatic heterocycles. The summed E-state index contributed by atoms with van der Waals surface area (Å²) in [7, 11) is 0. The summed E-state index contributed by atoms with van der Waals surface area (Å²) in [6.07, 6.45) is 0. The second-order valence-corrected chi connectivity index (χ2v) is 5.77. The predicted molar refractivity (Wildman–Crippen MR) is 85.4 cm³/mol. The second kappa shape index (κ2) is 7.39. The van der Waals surface area contributed by atoms with E-state index in [0.29, 0.717) is 5.56 Å². The molecule has 25 heavy (non-hydrogen) atoms. The van der Waals surface area contributed by atoms with Gasteiger partial charge in [0, 0.05) is 11.6 Å². The highest BCUT2D eigenvalue weighted by Crippen LogP contribution is 2.23. The molecule has 0 fully saturated rings. The summed E-state index contributed by atoms with van der Waals surface area (Å²) < 4.78 is 44.8. The average Bonchev–Trinajstić information content (AvgIpc) is 3.06. The number of amides is 1. The van der Waals surface area contributed by atoms with Crippen LogP contribution in [0.1, 0.15) is 0 Å². The van der Waals surface area contributed by atoms with Crippen LogP contribution in [0.15, 0.2) is 52.1 Å². The number of nitrogens with zero attached hydrogens (tertiary/aromatic N) is 2. The summed E-state index contributed by atoms with van der Waals surface area (Å²) in [6.45, 7) is 0. The monoisotopic (exact) mass is 365 g/mol. The molecule has 0 aliphatic carbocycles. The summed E-state index contributed by atoms with van der Waals surface area (Å²) in [4.78, 5) is 11.8. The minimum atomic E-state index is -0.740. The Kier molecular flexibility index (Phi) is 5.03. The van der Waals surface area contributed by atoms with E-state index < -0.39 is 17.5 Å². The number of nitrogens with one attached hydrogen (secondary N) is 1. The number of rotatable bonds is 5. The maximum Gasteiger partial charge on any atom is 0.277 e. The van der Waals surface area contributed by atoms with Gasteiger partial charge in [-0.2, -0.15) is 0 Å². The zero-order chi connectivity index (χ0) is 17.8. The van der Waals surface area contributed by atoms with Crippen LogP contribution in [0.5, 0.6) is 0 Å². The Bertz CT molecular complexity index is 900. The molecule has 1 amide bonds. The van der Waals surface area contributed by atoms with Crippen LogP contribution in [0.2, 0.25) is 0 Å². The lowest BCUT2D eigenvalue weighted by Crippen LogP contribution is -2.15. The van der Waals surface area contributed by atoms with Crippen molar-refractivity contribution in [3.63, 3.8) is 0 Å². The third-order valence-corrected chi connectivity index (χ3v) is 3.85. The highest BCUT2D eigenvalue weighted by molar-refractivity contribution is 7.99. The van der Waals surface area contributed by atoms with Gasteiger partial charge in [0.15, 0.2) is 0 Å². The van der Waals surface area contributed by atoms with Gasteiger partial charge in [0.2, 0.25) is 11.8 Å². The molecule has 0 radical (unpaired) electrons. The fourth-order valence-corrected chi connectivity index (χ4v) is 2.45. The summed E-state index contributed by atoms with van der Waals surface area (Å²) in [5.74, 6) is -2.31. The van der Waals surface area contributed by atoms with Crippen LogP contribution in [0.3, 0.4) is 0 Å². The van der Waals surface area contributed by atoms with E-state index in [-0.39, 0.29) is 28.4 Å². The van der Waals surface area contributed by atoms with Gasteiger partial charge in [-0.3, -0.25) is 4.79 Å². The molecule has 5 nitrogen and oxygen atoms in total. The van der Waals surface area contributed by atoms with Crippen molar-refractivity contribution in [1.82, 2.24) is 10.2 Å². The van der Waals surface area contributed by atoms with Gasteiger partial charge in [-0.25, -0.2) is 13.2 Å². The van der Waals surface area contributed by atoms with Crippen LogP contribution in [-0.2, 0) is 4.79 Å². The topological polar surface area (TPSA) is 68.0 Å². The van der Waals surface area contributed by atoms with Crippen molar-refractivity contribution in [2.45, 2.75) is 5.22 Å². The van der Waals surface area contributed by atoms with Gasteiger partial charge < -0.3 is 9.73 Å². The number of anilines is 1. The quantitative estimate of drug-likeness (QED) is 0.695. The molecule has 0 atom stereocenters. The molecule has 0 aliphatic rings. The van der Waals surface area contributed by atoms with Crippen LogP contribution in [0.25, 0.3) is 11.5 Å². The van der Waals surface area contributed by atoms with Crippen molar-refractivity contribution in [2.75, 3.05) is 11.1 Å². The first kappa shape index (κ1) is 17.0. The van der Waals surface area contributed by atoms with Gasteiger partial charge in [0.1, 0.15) is 17.5 Å². The largest absolute Gasteiger partial charge is 0.411 e. The number of carbonyl (C=O) groups is 1. The first-order valence-electron chi connectivity index (χ1n) is 6.98. The van der Waals surface area contributed by atoms with Crippen LogP contribution in [0.4, 0.5) is 18.9 Å². The molecule has 0 bridgehead atoms. The Morgan fingerprint density at radius 2 is 1.76 bits per heavy atom. The van der Waals surface area contributed by atoms with Crippen LogP contribution >= 0.6 is 11.8 Å². The maximum absolute atomic E-state index is 13.5. The van der Waals surface area contributed by atoms with Gasteiger partial charge in [-0.15, -0.1) is 10.2 Å². The summed E-state index contributed by atoms with van der Waals surface area (Å²) >= 11 is 0.934. The lowest BCUT2D eigenvalue weighted by molar-refractivity contribution is -0.113. The van der Waals surface area contributed by atoms with Gasteiger partial charge in [0.25, 0.3) is 5.22 Å². The van der Waals surface area contributed by atoms with Crippen LogP contribution in [-0.4, -0.2) is 21.9 Å². The minimum absolute atomic E-state index is 0.120. The molecule has 0 spiro atoms.